The minimum Gasteiger partial charge on any atom is -0.385 e. The van der Waals surface area contributed by atoms with Crippen molar-refractivity contribution in [2.75, 3.05) is 43.6 Å². The number of aromatic nitrogens is 3. The molecule has 2 aromatic rings. The van der Waals surface area contributed by atoms with Crippen LogP contribution >= 0.6 is 0 Å². The number of nitrogens with two attached hydrogens (primary N) is 1. The highest BCUT2D eigenvalue weighted by Crippen LogP contribution is 2.12. The highest BCUT2D eigenvalue weighted by Gasteiger charge is 2.08. The van der Waals surface area contributed by atoms with E-state index in [1.165, 1.54) is 0 Å². The van der Waals surface area contributed by atoms with Gasteiger partial charge in [0, 0.05) is 45.5 Å². The van der Waals surface area contributed by atoms with Crippen molar-refractivity contribution in [2.45, 2.75) is 6.42 Å². The lowest BCUT2D eigenvalue weighted by atomic mass is 10.2. The maximum atomic E-state index is 11.9. The van der Waals surface area contributed by atoms with Crippen LogP contribution < -0.4 is 16.4 Å². The predicted molar refractivity (Wildman–Crippen MR) is 91.5 cm³/mol. The van der Waals surface area contributed by atoms with Crippen LogP contribution in [0.1, 0.15) is 16.8 Å². The van der Waals surface area contributed by atoms with E-state index in [4.69, 9.17) is 5.73 Å². The summed E-state index contributed by atoms with van der Waals surface area (Å²) in [6.45, 7) is 1.52. The summed E-state index contributed by atoms with van der Waals surface area (Å²) in [5.41, 5.74) is 7.12. The first-order valence-electron chi connectivity index (χ1n) is 7.43. The molecule has 1 aromatic heterocycles. The molecule has 0 radical (unpaired) electrons. The average molecular weight is 317 g/mol. The average Bonchev–Trinajstić information content (AvgIpc) is 2.84. The lowest BCUT2D eigenvalue weighted by Crippen LogP contribution is -2.21. The number of nitrogens with one attached hydrogen (secondary N) is 2. The topological polar surface area (TPSA) is 101 Å². The molecule has 0 atom stereocenters. The van der Waals surface area contributed by atoms with E-state index in [0.29, 0.717) is 11.5 Å². The van der Waals surface area contributed by atoms with E-state index in [-0.39, 0.29) is 11.9 Å². The van der Waals surface area contributed by atoms with Gasteiger partial charge in [0.15, 0.2) is 0 Å². The summed E-state index contributed by atoms with van der Waals surface area (Å²) in [7, 11) is 5.28. The monoisotopic (exact) mass is 317 g/mol. The van der Waals surface area contributed by atoms with E-state index >= 15 is 0 Å². The molecule has 4 N–H and O–H groups in total. The van der Waals surface area contributed by atoms with Gasteiger partial charge in [0.05, 0.1) is 0 Å². The number of nitrogen functional groups attached to an aromatic ring is 1. The Balaban J connectivity index is 1.77. The molecule has 2 rings (SSSR count). The molecule has 8 heteroatoms. The Bertz CT molecular complexity index is 666. The summed E-state index contributed by atoms with van der Waals surface area (Å²) >= 11 is 0. The molecule has 0 spiro atoms. The number of hydrogen-bond acceptors (Lipinski definition) is 6. The lowest BCUT2D eigenvalue weighted by molar-refractivity contribution is 0.0827. The van der Waals surface area contributed by atoms with Gasteiger partial charge in [-0.05, 0) is 24.6 Å². The van der Waals surface area contributed by atoms with Crippen LogP contribution in [-0.4, -0.2) is 52.8 Å². The maximum absolute atomic E-state index is 11.9. The van der Waals surface area contributed by atoms with Gasteiger partial charge in [0.2, 0.25) is 11.9 Å². The van der Waals surface area contributed by atoms with Crippen LogP contribution in [0.4, 0.5) is 17.6 Å². The van der Waals surface area contributed by atoms with Crippen molar-refractivity contribution in [3.05, 3.63) is 29.8 Å². The summed E-state index contributed by atoms with van der Waals surface area (Å²) < 4.78 is 1.61. The molecule has 0 aliphatic carbocycles. The van der Waals surface area contributed by atoms with E-state index in [1.807, 2.05) is 24.3 Å². The Morgan fingerprint density at radius 3 is 2.70 bits per heavy atom. The molecule has 1 aromatic carbocycles. The second-order valence-electron chi connectivity index (χ2n) is 5.40. The third kappa shape index (κ3) is 4.60. The molecule has 1 amide bonds. The standard InChI is InChI=1S/C15H23N7O/c1-21(2)13(23)11-6-4-7-12(10-11)17-8-5-9-18-15-19-14(16)20-22(15)3/h4,6-7,10,17H,5,8-9H2,1-3H3,(H3,16,18,19,20). The van der Waals surface area contributed by atoms with Gasteiger partial charge >= 0.3 is 0 Å². The minimum atomic E-state index is -0.00446. The molecule has 0 saturated carbocycles. The van der Waals surface area contributed by atoms with E-state index in [2.05, 4.69) is 20.7 Å². The second kappa shape index (κ2) is 7.48. The third-order valence-electron chi connectivity index (χ3n) is 3.26. The highest BCUT2D eigenvalue weighted by molar-refractivity contribution is 5.94. The predicted octanol–water partition coefficient (Wildman–Crippen LogP) is 1.01. The van der Waals surface area contributed by atoms with Crippen molar-refractivity contribution in [2.24, 2.45) is 7.05 Å². The minimum absolute atomic E-state index is 0.00446. The first-order chi connectivity index (χ1) is 11.0. The zero-order valence-corrected chi connectivity index (χ0v) is 13.7. The molecule has 0 aliphatic rings. The van der Waals surface area contributed by atoms with Gasteiger partial charge in [-0.25, -0.2) is 4.68 Å². The van der Waals surface area contributed by atoms with Crippen LogP contribution in [0.5, 0.6) is 0 Å². The first-order valence-corrected chi connectivity index (χ1v) is 7.43. The number of carbonyl (C=O) groups is 1. The Labute approximate surface area is 135 Å². The van der Waals surface area contributed by atoms with Gasteiger partial charge in [0.25, 0.3) is 5.91 Å². The van der Waals surface area contributed by atoms with E-state index in [9.17, 15) is 4.79 Å². The maximum Gasteiger partial charge on any atom is 0.253 e. The molecule has 0 unspecified atom stereocenters. The van der Waals surface area contributed by atoms with Gasteiger partial charge in [-0.2, -0.15) is 4.98 Å². The van der Waals surface area contributed by atoms with Crippen LogP contribution in [0.25, 0.3) is 0 Å². The molecule has 124 valence electrons. The fourth-order valence-electron chi connectivity index (χ4n) is 2.10. The number of nitrogens with zero attached hydrogens (tertiary/aromatic N) is 4. The molecule has 8 nitrogen and oxygen atoms in total. The SMILES string of the molecule is CN(C)C(=O)c1cccc(NCCCNc2nc(N)nn2C)c1. The quantitative estimate of drug-likeness (QED) is 0.659. The van der Waals surface area contributed by atoms with Gasteiger partial charge in [-0.15, -0.1) is 5.10 Å². The lowest BCUT2D eigenvalue weighted by Gasteiger charge is -2.12. The number of hydrogen-bond donors (Lipinski definition) is 3. The number of anilines is 3. The van der Waals surface area contributed by atoms with Crippen LogP contribution in [0.15, 0.2) is 24.3 Å². The van der Waals surface area contributed by atoms with E-state index < -0.39 is 0 Å². The molecule has 0 aliphatic heterocycles. The number of carbonyl (C=O) groups excluding carboxylic acids is 1. The summed E-state index contributed by atoms with van der Waals surface area (Å²) in [6, 6.07) is 7.50. The van der Waals surface area contributed by atoms with Crippen molar-refractivity contribution in [1.82, 2.24) is 19.7 Å². The molecule has 0 saturated heterocycles. The largest absolute Gasteiger partial charge is 0.385 e. The molecule has 1 heterocycles. The van der Waals surface area contributed by atoms with Gasteiger partial charge in [0.1, 0.15) is 0 Å². The first kappa shape index (κ1) is 16.6. The molecular weight excluding hydrogens is 294 g/mol. The fraction of sp³-hybridized carbons (Fsp3) is 0.400. The summed E-state index contributed by atoms with van der Waals surface area (Å²) in [4.78, 5) is 17.6. The Kier molecular flexibility index (Phi) is 5.40. The zero-order valence-electron chi connectivity index (χ0n) is 13.7. The van der Waals surface area contributed by atoms with E-state index in [0.717, 1.165) is 25.2 Å². The van der Waals surface area contributed by atoms with E-state index in [1.54, 1.807) is 30.7 Å². The summed E-state index contributed by atoms with van der Waals surface area (Å²) in [5.74, 6) is 0.909. The van der Waals surface area contributed by atoms with Gasteiger partial charge < -0.3 is 21.3 Å². The Morgan fingerprint density at radius 2 is 2.04 bits per heavy atom. The molecule has 0 bridgehead atoms. The number of rotatable bonds is 7. The zero-order chi connectivity index (χ0) is 16.8. The van der Waals surface area contributed by atoms with Crippen LogP contribution in [0.3, 0.4) is 0 Å². The fourth-order valence-corrected chi connectivity index (χ4v) is 2.10. The third-order valence-corrected chi connectivity index (χ3v) is 3.26. The normalized spacial score (nSPS) is 10.4. The smallest absolute Gasteiger partial charge is 0.253 e. The summed E-state index contributed by atoms with van der Waals surface area (Å²) in [5, 5.41) is 10.4. The molecular formula is C15H23N7O. The number of aryl methyl sites for hydroxylation is 1. The van der Waals surface area contributed by atoms with Crippen molar-refractivity contribution in [3.8, 4) is 0 Å². The van der Waals surface area contributed by atoms with Crippen LogP contribution in [0, 0.1) is 0 Å². The Morgan fingerprint density at radius 1 is 1.30 bits per heavy atom. The van der Waals surface area contributed by atoms with Crippen molar-refractivity contribution in [3.63, 3.8) is 0 Å². The van der Waals surface area contributed by atoms with Crippen LogP contribution in [-0.2, 0) is 7.05 Å². The molecule has 0 fully saturated rings. The van der Waals surface area contributed by atoms with Gasteiger partial charge in [-0.1, -0.05) is 6.07 Å². The Hall–Kier alpha value is -2.77. The highest BCUT2D eigenvalue weighted by atomic mass is 16.2. The van der Waals surface area contributed by atoms with Crippen molar-refractivity contribution >= 4 is 23.5 Å². The number of amides is 1. The van der Waals surface area contributed by atoms with Crippen molar-refractivity contribution in [1.29, 1.82) is 0 Å². The van der Waals surface area contributed by atoms with Crippen LogP contribution in [0.2, 0.25) is 0 Å². The number of benzene rings is 1. The summed E-state index contributed by atoms with van der Waals surface area (Å²) in [6.07, 6.45) is 0.888. The molecule has 23 heavy (non-hydrogen) atoms. The van der Waals surface area contributed by atoms with Gasteiger partial charge in [-0.3, -0.25) is 4.79 Å². The van der Waals surface area contributed by atoms with Crippen molar-refractivity contribution < 1.29 is 4.79 Å². The second-order valence-corrected chi connectivity index (χ2v) is 5.40.